The third-order valence-corrected chi connectivity index (χ3v) is 5.14. The van der Waals surface area contributed by atoms with E-state index in [1.165, 1.54) is 5.56 Å². The maximum Gasteiger partial charge on any atom is 0.251 e. The summed E-state index contributed by atoms with van der Waals surface area (Å²) in [7, 11) is 1.83. The molecule has 2 N–H and O–H groups in total. The zero-order valence-corrected chi connectivity index (χ0v) is 17.4. The van der Waals surface area contributed by atoms with Crippen LogP contribution in [0.3, 0.4) is 0 Å². The molecule has 0 aromatic heterocycles. The number of benzene rings is 2. The zero-order chi connectivity index (χ0) is 20.5. The number of piperazine rings is 1. The summed E-state index contributed by atoms with van der Waals surface area (Å²) >= 11 is 0. The fourth-order valence-corrected chi connectivity index (χ4v) is 3.51. The lowest BCUT2D eigenvalue weighted by molar-refractivity contribution is 0.0956. The number of hydrogen-bond donors (Lipinski definition) is 2. The van der Waals surface area contributed by atoms with Crippen molar-refractivity contribution in [1.82, 2.24) is 20.4 Å². The van der Waals surface area contributed by atoms with Crippen LogP contribution in [-0.2, 0) is 13.1 Å². The maximum atomic E-state index is 11.9. The molecule has 0 bridgehead atoms. The fourth-order valence-electron chi connectivity index (χ4n) is 3.51. The Morgan fingerprint density at radius 1 is 0.931 bits per heavy atom. The van der Waals surface area contributed by atoms with Crippen molar-refractivity contribution in [2.45, 2.75) is 20.0 Å². The van der Waals surface area contributed by atoms with Crippen LogP contribution >= 0.6 is 0 Å². The van der Waals surface area contributed by atoms with Crippen LogP contribution < -0.4 is 10.6 Å². The highest BCUT2D eigenvalue weighted by Gasteiger charge is 2.19. The van der Waals surface area contributed by atoms with Crippen molar-refractivity contribution in [3.8, 4) is 0 Å². The molecule has 0 radical (unpaired) electrons. The number of carbonyl (C=O) groups is 1. The Morgan fingerprint density at radius 2 is 1.62 bits per heavy atom. The van der Waals surface area contributed by atoms with E-state index in [-0.39, 0.29) is 5.91 Å². The van der Waals surface area contributed by atoms with Crippen molar-refractivity contribution in [3.05, 3.63) is 71.3 Å². The number of aliphatic imine (C=N–C) groups is 1. The predicted molar refractivity (Wildman–Crippen MR) is 118 cm³/mol. The highest BCUT2D eigenvalue weighted by Crippen LogP contribution is 2.09. The molecular formula is C23H31N5O. The minimum Gasteiger partial charge on any atom is -0.352 e. The lowest BCUT2D eigenvalue weighted by Gasteiger charge is -2.36. The van der Waals surface area contributed by atoms with Gasteiger partial charge in [0.05, 0.1) is 0 Å². The molecule has 0 unspecified atom stereocenters. The number of nitrogens with one attached hydrogen (secondary N) is 2. The van der Waals surface area contributed by atoms with Crippen molar-refractivity contribution < 1.29 is 4.79 Å². The van der Waals surface area contributed by atoms with E-state index in [2.05, 4.69) is 55.8 Å². The van der Waals surface area contributed by atoms with Crippen molar-refractivity contribution >= 4 is 11.9 Å². The van der Waals surface area contributed by atoms with Gasteiger partial charge in [0, 0.05) is 58.4 Å². The summed E-state index contributed by atoms with van der Waals surface area (Å²) in [5, 5.41) is 6.27. The van der Waals surface area contributed by atoms with Crippen LogP contribution in [0, 0.1) is 0 Å². The molecule has 0 atom stereocenters. The Bertz CT molecular complexity index is 796. The first-order chi connectivity index (χ1) is 14.2. The SMILES string of the molecule is CCNC(=O)c1ccc(CNC(=NC)N2CCN(Cc3ccccc3)CC2)cc1. The summed E-state index contributed by atoms with van der Waals surface area (Å²) in [6.45, 7) is 8.21. The number of rotatable bonds is 6. The molecule has 0 spiro atoms. The van der Waals surface area contributed by atoms with Crippen LogP contribution in [-0.4, -0.2) is 61.4 Å². The van der Waals surface area contributed by atoms with Gasteiger partial charge < -0.3 is 15.5 Å². The summed E-state index contributed by atoms with van der Waals surface area (Å²) in [6, 6.07) is 18.3. The van der Waals surface area contributed by atoms with Gasteiger partial charge in [0.25, 0.3) is 5.91 Å². The molecule has 6 heteroatoms. The van der Waals surface area contributed by atoms with E-state index in [1.807, 2.05) is 38.2 Å². The number of amides is 1. The molecule has 29 heavy (non-hydrogen) atoms. The summed E-state index contributed by atoms with van der Waals surface area (Å²) in [5.74, 6) is 0.897. The fraction of sp³-hybridized carbons (Fsp3) is 0.391. The average Bonchev–Trinajstić information content (AvgIpc) is 2.76. The molecule has 6 nitrogen and oxygen atoms in total. The smallest absolute Gasteiger partial charge is 0.251 e. The minimum absolute atomic E-state index is 0.0313. The van der Waals surface area contributed by atoms with Crippen molar-refractivity contribution in [2.24, 2.45) is 4.99 Å². The molecule has 1 fully saturated rings. The molecule has 0 aliphatic carbocycles. The predicted octanol–water partition coefficient (Wildman–Crippen LogP) is 2.33. The Labute approximate surface area is 173 Å². The molecule has 1 heterocycles. The number of hydrogen-bond acceptors (Lipinski definition) is 3. The van der Waals surface area contributed by atoms with Crippen molar-refractivity contribution in [2.75, 3.05) is 39.8 Å². The first kappa shape index (κ1) is 20.9. The quantitative estimate of drug-likeness (QED) is 0.584. The van der Waals surface area contributed by atoms with E-state index in [4.69, 9.17) is 0 Å². The lowest BCUT2D eigenvalue weighted by atomic mass is 10.1. The van der Waals surface area contributed by atoms with Crippen LogP contribution in [0.4, 0.5) is 0 Å². The normalized spacial score (nSPS) is 15.2. The lowest BCUT2D eigenvalue weighted by Crippen LogP contribution is -2.52. The maximum absolute atomic E-state index is 11.9. The van der Waals surface area contributed by atoms with Gasteiger partial charge >= 0.3 is 0 Å². The van der Waals surface area contributed by atoms with Crippen LogP contribution in [0.5, 0.6) is 0 Å². The third kappa shape index (κ3) is 6.06. The van der Waals surface area contributed by atoms with Crippen LogP contribution in [0.2, 0.25) is 0 Å². The van der Waals surface area contributed by atoms with E-state index >= 15 is 0 Å². The standard InChI is InChI=1S/C23H31N5O/c1-3-25-22(29)21-11-9-19(10-12-21)17-26-23(24-2)28-15-13-27(14-16-28)18-20-7-5-4-6-8-20/h4-12H,3,13-18H2,1-2H3,(H,24,26)(H,25,29). The second-order valence-corrected chi connectivity index (χ2v) is 7.21. The average molecular weight is 394 g/mol. The van der Waals surface area contributed by atoms with Gasteiger partial charge in [-0.05, 0) is 30.2 Å². The van der Waals surface area contributed by atoms with E-state index in [1.54, 1.807) is 0 Å². The van der Waals surface area contributed by atoms with Gasteiger partial charge in [-0.1, -0.05) is 42.5 Å². The third-order valence-electron chi connectivity index (χ3n) is 5.14. The topological polar surface area (TPSA) is 60.0 Å². The highest BCUT2D eigenvalue weighted by atomic mass is 16.1. The molecule has 1 amide bonds. The zero-order valence-electron chi connectivity index (χ0n) is 17.4. The Hall–Kier alpha value is -2.86. The molecular weight excluding hydrogens is 362 g/mol. The minimum atomic E-state index is -0.0313. The molecule has 154 valence electrons. The number of guanidine groups is 1. The van der Waals surface area contributed by atoms with Crippen LogP contribution in [0.25, 0.3) is 0 Å². The summed E-state index contributed by atoms with van der Waals surface area (Å²) in [5.41, 5.74) is 3.18. The summed E-state index contributed by atoms with van der Waals surface area (Å²) < 4.78 is 0. The molecule has 1 aliphatic rings. The Morgan fingerprint density at radius 3 is 2.24 bits per heavy atom. The largest absolute Gasteiger partial charge is 0.352 e. The summed E-state index contributed by atoms with van der Waals surface area (Å²) in [6.07, 6.45) is 0. The number of nitrogens with zero attached hydrogens (tertiary/aromatic N) is 3. The first-order valence-electron chi connectivity index (χ1n) is 10.3. The molecule has 3 rings (SSSR count). The first-order valence-corrected chi connectivity index (χ1v) is 10.3. The van der Waals surface area contributed by atoms with Crippen LogP contribution in [0.15, 0.2) is 59.6 Å². The van der Waals surface area contributed by atoms with Gasteiger partial charge in [0.2, 0.25) is 0 Å². The second-order valence-electron chi connectivity index (χ2n) is 7.21. The summed E-state index contributed by atoms with van der Waals surface area (Å²) in [4.78, 5) is 21.1. The Balaban J connectivity index is 1.46. The highest BCUT2D eigenvalue weighted by molar-refractivity contribution is 5.94. The molecule has 0 saturated carbocycles. The van der Waals surface area contributed by atoms with E-state index in [0.717, 1.165) is 44.2 Å². The molecule has 2 aromatic carbocycles. The van der Waals surface area contributed by atoms with E-state index in [0.29, 0.717) is 18.7 Å². The molecule has 2 aromatic rings. The van der Waals surface area contributed by atoms with Gasteiger partial charge in [-0.3, -0.25) is 14.7 Å². The molecule has 1 aliphatic heterocycles. The van der Waals surface area contributed by atoms with E-state index < -0.39 is 0 Å². The van der Waals surface area contributed by atoms with Crippen molar-refractivity contribution in [3.63, 3.8) is 0 Å². The van der Waals surface area contributed by atoms with Gasteiger partial charge in [-0.2, -0.15) is 0 Å². The van der Waals surface area contributed by atoms with Gasteiger partial charge in [-0.25, -0.2) is 0 Å². The van der Waals surface area contributed by atoms with Crippen molar-refractivity contribution in [1.29, 1.82) is 0 Å². The molecule has 1 saturated heterocycles. The Kier molecular flexibility index (Phi) is 7.64. The second kappa shape index (κ2) is 10.6. The number of carbonyl (C=O) groups excluding carboxylic acids is 1. The monoisotopic (exact) mass is 393 g/mol. The van der Waals surface area contributed by atoms with Gasteiger partial charge in [0.1, 0.15) is 0 Å². The van der Waals surface area contributed by atoms with Gasteiger partial charge in [-0.15, -0.1) is 0 Å². The van der Waals surface area contributed by atoms with E-state index in [9.17, 15) is 4.79 Å². The van der Waals surface area contributed by atoms with Gasteiger partial charge in [0.15, 0.2) is 5.96 Å². The van der Waals surface area contributed by atoms with Crippen LogP contribution in [0.1, 0.15) is 28.4 Å².